The van der Waals surface area contributed by atoms with Gasteiger partial charge in [-0.15, -0.1) is 36.2 Å². The van der Waals surface area contributed by atoms with Crippen molar-refractivity contribution >= 4 is 42.1 Å². The minimum Gasteiger partial charge on any atom is -0.355 e. The first kappa shape index (κ1) is 21.9. The summed E-state index contributed by atoms with van der Waals surface area (Å²) in [6.45, 7) is 8.58. The second-order valence-corrected chi connectivity index (χ2v) is 5.91. The van der Waals surface area contributed by atoms with E-state index in [-0.39, 0.29) is 42.7 Å². The number of amides is 1. The number of hydrogen-bond acceptors (Lipinski definition) is 4. The normalized spacial score (nSPS) is 13.1. The fourth-order valence-electron chi connectivity index (χ4n) is 1.42. The Hall–Kier alpha value is -0.360. The molecule has 118 valence electrons. The Bertz CT molecular complexity index is 397. The molecule has 1 heterocycles. The molecule has 2 unspecified atom stereocenters. The zero-order valence-electron chi connectivity index (χ0n) is 12.4. The van der Waals surface area contributed by atoms with Crippen molar-refractivity contribution in [1.82, 2.24) is 10.3 Å². The Morgan fingerprint density at radius 3 is 2.40 bits per heavy atom. The van der Waals surface area contributed by atoms with Crippen LogP contribution in [0.2, 0.25) is 0 Å². The van der Waals surface area contributed by atoms with Crippen molar-refractivity contribution in [3.63, 3.8) is 0 Å². The van der Waals surface area contributed by atoms with E-state index in [0.717, 1.165) is 17.1 Å². The molecule has 0 aromatic carbocycles. The van der Waals surface area contributed by atoms with Gasteiger partial charge in [0.25, 0.3) is 0 Å². The van der Waals surface area contributed by atoms with Crippen LogP contribution in [0.25, 0.3) is 0 Å². The maximum atomic E-state index is 11.7. The van der Waals surface area contributed by atoms with E-state index in [1.165, 1.54) is 0 Å². The number of aromatic nitrogens is 1. The van der Waals surface area contributed by atoms with E-state index < -0.39 is 0 Å². The molecule has 7 heteroatoms. The highest BCUT2D eigenvalue weighted by Crippen LogP contribution is 2.19. The molecular formula is C13H25Cl2N3OS. The van der Waals surface area contributed by atoms with Gasteiger partial charge < -0.3 is 11.1 Å². The number of nitrogens with one attached hydrogen (secondary N) is 1. The molecule has 0 aliphatic carbocycles. The van der Waals surface area contributed by atoms with Gasteiger partial charge in [0.15, 0.2) is 0 Å². The molecule has 2 atom stereocenters. The molecule has 0 aliphatic rings. The molecule has 0 bridgehead atoms. The lowest BCUT2D eigenvalue weighted by Gasteiger charge is -2.14. The number of thiazole rings is 1. The fraction of sp³-hybridized carbons (Fsp3) is 0.692. The average molecular weight is 342 g/mol. The van der Waals surface area contributed by atoms with E-state index in [1.54, 1.807) is 11.3 Å². The van der Waals surface area contributed by atoms with Gasteiger partial charge in [-0.05, 0) is 6.92 Å². The standard InChI is InChI=1S/C13H23N3OS.2ClH/c1-8(2)13-16-11(7-18-13)5-6-15-12(17)9(3)10(4)14;;/h7-10H,5-6,14H2,1-4H3,(H,15,17);2*1H. The summed E-state index contributed by atoms with van der Waals surface area (Å²) in [6.07, 6.45) is 0.778. The first-order valence-corrected chi connectivity index (χ1v) is 7.27. The Labute approximate surface area is 137 Å². The van der Waals surface area contributed by atoms with Crippen LogP contribution in [0.1, 0.15) is 44.3 Å². The summed E-state index contributed by atoms with van der Waals surface area (Å²) in [7, 11) is 0. The Morgan fingerprint density at radius 2 is 1.95 bits per heavy atom. The van der Waals surface area contributed by atoms with Crippen LogP contribution in [-0.4, -0.2) is 23.5 Å². The van der Waals surface area contributed by atoms with Gasteiger partial charge in [-0.25, -0.2) is 4.98 Å². The zero-order valence-corrected chi connectivity index (χ0v) is 14.8. The molecular weight excluding hydrogens is 317 g/mol. The van der Waals surface area contributed by atoms with Gasteiger partial charge in [0.05, 0.1) is 10.7 Å². The van der Waals surface area contributed by atoms with E-state index in [0.29, 0.717) is 12.5 Å². The first-order chi connectivity index (χ1) is 8.41. The molecule has 0 saturated carbocycles. The zero-order chi connectivity index (χ0) is 13.7. The van der Waals surface area contributed by atoms with E-state index in [9.17, 15) is 4.79 Å². The minimum absolute atomic E-state index is 0. The Kier molecular flexibility index (Phi) is 11.4. The van der Waals surface area contributed by atoms with Crippen molar-refractivity contribution in [1.29, 1.82) is 0 Å². The quantitative estimate of drug-likeness (QED) is 0.835. The van der Waals surface area contributed by atoms with Crippen molar-refractivity contribution in [3.8, 4) is 0 Å². The summed E-state index contributed by atoms with van der Waals surface area (Å²) in [5, 5.41) is 6.12. The number of rotatable bonds is 6. The van der Waals surface area contributed by atoms with Gasteiger partial charge in [-0.2, -0.15) is 0 Å². The van der Waals surface area contributed by atoms with Crippen molar-refractivity contribution in [2.24, 2.45) is 11.7 Å². The average Bonchev–Trinajstić information content (AvgIpc) is 2.76. The summed E-state index contributed by atoms with van der Waals surface area (Å²) >= 11 is 1.68. The first-order valence-electron chi connectivity index (χ1n) is 6.39. The molecule has 1 aromatic heterocycles. The monoisotopic (exact) mass is 341 g/mol. The van der Waals surface area contributed by atoms with Crippen molar-refractivity contribution in [3.05, 3.63) is 16.1 Å². The number of carbonyl (C=O) groups is 1. The third-order valence-electron chi connectivity index (χ3n) is 2.95. The summed E-state index contributed by atoms with van der Waals surface area (Å²) in [6, 6.07) is -0.114. The summed E-state index contributed by atoms with van der Waals surface area (Å²) in [4.78, 5) is 16.2. The van der Waals surface area contributed by atoms with Gasteiger partial charge in [0.1, 0.15) is 0 Å². The van der Waals surface area contributed by atoms with Gasteiger partial charge in [-0.3, -0.25) is 4.79 Å². The van der Waals surface area contributed by atoms with Crippen LogP contribution in [0, 0.1) is 5.92 Å². The largest absolute Gasteiger partial charge is 0.355 e. The fourth-order valence-corrected chi connectivity index (χ4v) is 2.29. The number of nitrogens with two attached hydrogens (primary N) is 1. The van der Waals surface area contributed by atoms with Crippen LogP contribution in [0.15, 0.2) is 5.38 Å². The Morgan fingerprint density at radius 1 is 1.35 bits per heavy atom. The molecule has 0 fully saturated rings. The highest BCUT2D eigenvalue weighted by molar-refractivity contribution is 7.09. The third-order valence-corrected chi connectivity index (χ3v) is 4.14. The summed E-state index contributed by atoms with van der Waals surface area (Å²) in [5.74, 6) is 0.340. The molecule has 0 spiro atoms. The molecule has 1 aromatic rings. The van der Waals surface area contributed by atoms with Crippen LogP contribution in [0.4, 0.5) is 0 Å². The third kappa shape index (κ3) is 6.88. The number of halogens is 2. The number of hydrogen-bond donors (Lipinski definition) is 2. The highest BCUT2D eigenvalue weighted by atomic mass is 35.5. The molecule has 0 saturated heterocycles. The lowest BCUT2D eigenvalue weighted by molar-refractivity contribution is -0.124. The van der Waals surface area contributed by atoms with Crippen molar-refractivity contribution < 1.29 is 4.79 Å². The maximum Gasteiger partial charge on any atom is 0.224 e. The topological polar surface area (TPSA) is 68.0 Å². The maximum absolute atomic E-state index is 11.7. The van der Waals surface area contributed by atoms with Gasteiger partial charge in [0, 0.05) is 36.2 Å². The van der Waals surface area contributed by atoms with Crippen LogP contribution < -0.4 is 11.1 Å². The molecule has 0 radical (unpaired) electrons. The van der Waals surface area contributed by atoms with E-state index in [2.05, 4.69) is 29.5 Å². The molecule has 20 heavy (non-hydrogen) atoms. The van der Waals surface area contributed by atoms with Gasteiger partial charge in [0.2, 0.25) is 5.91 Å². The molecule has 1 rings (SSSR count). The minimum atomic E-state index is -0.147. The molecule has 0 aliphatic heterocycles. The summed E-state index contributed by atoms with van der Waals surface area (Å²) < 4.78 is 0. The summed E-state index contributed by atoms with van der Waals surface area (Å²) in [5.41, 5.74) is 6.74. The van der Waals surface area contributed by atoms with Crippen molar-refractivity contribution in [2.75, 3.05) is 6.54 Å². The molecule has 1 amide bonds. The van der Waals surface area contributed by atoms with Crippen LogP contribution in [0.5, 0.6) is 0 Å². The second-order valence-electron chi connectivity index (χ2n) is 5.02. The SMILES string of the molecule is CC(C)c1nc(CCNC(=O)C(C)C(C)N)cs1.Cl.Cl. The van der Waals surface area contributed by atoms with Crippen molar-refractivity contribution in [2.45, 2.75) is 46.1 Å². The highest BCUT2D eigenvalue weighted by Gasteiger charge is 2.16. The smallest absolute Gasteiger partial charge is 0.224 e. The van der Waals surface area contributed by atoms with Crippen LogP contribution in [-0.2, 0) is 11.2 Å². The predicted octanol–water partition coefficient (Wildman–Crippen LogP) is 2.75. The van der Waals surface area contributed by atoms with Gasteiger partial charge in [-0.1, -0.05) is 20.8 Å². The van der Waals surface area contributed by atoms with Crippen LogP contribution >= 0.6 is 36.2 Å². The predicted molar refractivity (Wildman–Crippen MR) is 90.2 cm³/mol. The van der Waals surface area contributed by atoms with E-state index >= 15 is 0 Å². The number of carbonyl (C=O) groups excluding carboxylic acids is 1. The van der Waals surface area contributed by atoms with E-state index in [4.69, 9.17) is 5.73 Å². The molecule has 4 nitrogen and oxygen atoms in total. The van der Waals surface area contributed by atoms with E-state index in [1.807, 2.05) is 13.8 Å². The lowest BCUT2D eigenvalue weighted by Crippen LogP contribution is -2.39. The Balaban J connectivity index is 0. The van der Waals surface area contributed by atoms with Crippen LogP contribution in [0.3, 0.4) is 0 Å². The lowest BCUT2D eigenvalue weighted by atomic mass is 10.0. The molecule has 3 N–H and O–H groups in total. The number of nitrogens with zero attached hydrogens (tertiary/aromatic N) is 1. The van der Waals surface area contributed by atoms with Gasteiger partial charge >= 0.3 is 0 Å². The second kappa shape index (κ2) is 10.4.